The summed E-state index contributed by atoms with van der Waals surface area (Å²) < 4.78 is 4.98. The first-order valence-electron chi connectivity index (χ1n) is 19.4. The average molecular weight is 695 g/mol. The molecule has 0 bridgehead atoms. The van der Waals surface area contributed by atoms with Crippen LogP contribution in [0.2, 0.25) is 0 Å². The second-order valence-electron chi connectivity index (χ2n) is 17.7. The minimum absolute atomic E-state index is 0.0644. The normalized spacial score (nSPS) is 12.7. The number of benzene rings is 6. The van der Waals surface area contributed by atoms with Gasteiger partial charge in [-0.25, -0.2) is 0 Å². The maximum atomic E-state index is 2.50. The van der Waals surface area contributed by atoms with Crippen molar-refractivity contribution in [2.24, 2.45) is 0 Å². The van der Waals surface area contributed by atoms with Gasteiger partial charge in [0.2, 0.25) is 0 Å². The molecular formula is C51H54N2. The van der Waals surface area contributed by atoms with Crippen LogP contribution >= 0.6 is 0 Å². The predicted molar refractivity (Wildman–Crippen MR) is 230 cm³/mol. The number of fused-ring (bicyclic) bond motifs is 6. The van der Waals surface area contributed by atoms with Gasteiger partial charge in [-0.15, -0.1) is 0 Å². The fourth-order valence-electron chi connectivity index (χ4n) is 8.83. The molecule has 8 rings (SSSR count). The fraction of sp³-hybridized carbons (Fsp3) is 0.294. The molecule has 0 saturated carbocycles. The molecule has 6 aromatic carbocycles. The Kier molecular flexibility index (Phi) is 8.26. The van der Waals surface area contributed by atoms with Crippen LogP contribution in [0, 0.1) is 27.7 Å². The summed E-state index contributed by atoms with van der Waals surface area (Å²) in [5.74, 6) is 0.134. The molecule has 0 spiro atoms. The van der Waals surface area contributed by atoms with E-state index in [4.69, 9.17) is 0 Å². The zero-order chi connectivity index (χ0) is 37.6. The molecule has 0 atom stereocenters. The van der Waals surface area contributed by atoms with Gasteiger partial charge in [-0.2, -0.15) is 0 Å². The minimum atomic E-state index is 0.0644. The van der Waals surface area contributed by atoms with Gasteiger partial charge in [0.1, 0.15) is 0 Å². The van der Waals surface area contributed by atoms with Gasteiger partial charge in [-0.05, 0) is 139 Å². The molecule has 0 unspecified atom stereocenters. The van der Waals surface area contributed by atoms with Crippen LogP contribution in [0.5, 0.6) is 0 Å². The third-order valence-corrected chi connectivity index (χ3v) is 11.8. The topological polar surface area (TPSA) is 9.86 Å². The van der Waals surface area contributed by atoms with E-state index in [1.807, 2.05) is 0 Å². The molecule has 268 valence electrons. The van der Waals surface area contributed by atoms with Crippen molar-refractivity contribution in [2.45, 2.75) is 99.5 Å². The van der Waals surface area contributed by atoms with E-state index >= 15 is 0 Å². The minimum Gasteiger partial charge on any atom is -0.341 e. The van der Waals surface area contributed by atoms with E-state index in [-0.39, 0.29) is 16.7 Å². The molecule has 0 radical (unpaired) electrons. The average Bonchev–Trinajstić information content (AvgIpc) is 3.60. The summed E-state index contributed by atoms with van der Waals surface area (Å²) in [4.78, 5) is 0. The molecular weight excluding hydrogens is 641 g/mol. The van der Waals surface area contributed by atoms with Crippen LogP contribution in [0.25, 0.3) is 49.3 Å². The van der Waals surface area contributed by atoms with E-state index < -0.39 is 0 Å². The lowest BCUT2D eigenvalue weighted by molar-refractivity contribution is 0.590. The number of nitrogens with zero attached hydrogens (tertiary/aromatic N) is 2. The molecule has 0 N–H and O–H groups in total. The number of aromatic nitrogens is 2. The zero-order valence-electron chi connectivity index (χ0n) is 33.6. The second kappa shape index (κ2) is 12.5. The summed E-state index contributed by atoms with van der Waals surface area (Å²) in [5, 5.41) is 5.25. The van der Waals surface area contributed by atoms with Crippen molar-refractivity contribution < 1.29 is 0 Å². The SMILES string of the molecule is CCn1c2ccc(C(c3ccc(C)cc3C)c3ccc(C)cc3C)cc2c2cc(-n3c4ccc(C(C)(C)C)cc4c4cc(C(C)(C)C)ccc43)ccc21. The highest BCUT2D eigenvalue weighted by molar-refractivity contribution is 6.12. The fourth-order valence-corrected chi connectivity index (χ4v) is 8.83. The highest BCUT2D eigenvalue weighted by atomic mass is 15.0. The van der Waals surface area contributed by atoms with E-state index in [1.54, 1.807) is 0 Å². The first kappa shape index (κ1) is 35.0. The standard InChI is InChI=1S/C51H54N2/c1-12-52-45-21-15-35(49(39-19-13-31(2)25-33(39)4)40-20-14-32(3)26-34(40)5)27-41(45)44-30-38(18-24-46(44)52)53-47-22-16-36(50(6,7)8)28-42(47)43-29-37(51(9,10)11)17-23-48(43)53/h13-30,49H,12H2,1-11H3. The zero-order valence-corrected chi connectivity index (χ0v) is 33.6. The Morgan fingerprint density at radius 1 is 0.472 bits per heavy atom. The van der Waals surface area contributed by atoms with E-state index in [0.717, 1.165) is 6.54 Å². The molecule has 0 amide bonds. The van der Waals surface area contributed by atoms with E-state index in [0.29, 0.717) is 0 Å². The Bertz CT molecular complexity index is 2590. The summed E-state index contributed by atoms with van der Waals surface area (Å²) >= 11 is 0. The van der Waals surface area contributed by atoms with Crippen LogP contribution in [0.1, 0.15) is 104 Å². The third kappa shape index (κ3) is 5.88. The third-order valence-electron chi connectivity index (χ3n) is 11.8. The smallest absolute Gasteiger partial charge is 0.0541 e. The number of hydrogen-bond donors (Lipinski definition) is 0. The Balaban J connectivity index is 1.39. The largest absolute Gasteiger partial charge is 0.341 e. The molecule has 8 aromatic rings. The Morgan fingerprint density at radius 2 is 0.925 bits per heavy atom. The van der Waals surface area contributed by atoms with Crippen LogP contribution in [-0.4, -0.2) is 9.13 Å². The van der Waals surface area contributed by atoms with Crippen molar-refractivity contribution in [2.75, 3.05) is 0 Å². The van der Waals surface area contributed by atoms with Crippen LogP contribution in [-0.2, 0) is 17.4 Å². The molecule has 0 aliphatic carbocycles. The van der Waals surface area contributed by atoms with Gasteiger partial charge in [0.05, 0.1) is 11.0 Å². The molecule has 2 nitrogen and oxygen atoms in total. The van der Waals surface area contributed by atoms with Gasteiger partial charge in [0, 0.05) is 50.7 Å². The first-order valence-corrected chi connectivity index (χ1v) is 19.4. The van der Waals surface area contributed by atoms with Crippen molar-refractivity contribution in [1.29, 1.82) is 0 Å². The molecule has 53 heavy (non-hydrogen) atoms. The summed E-state index contributed by atoms with van der Waals surface area (Å²) in [6.07, 6.45) is 0. The Hall–Kier alpha value is -5.08. The summed E-state index contributed by atoms with van der Waals surface area (Å²) in [6.45, 7) is 26.0. The maximum Gasteiger partial charge on any atom is 0.0541 e. The predicted octanol–water partition coefficient (Wildman–Crippen LogP) is 13.9. The van der Waals surface area contributed by atoms with Crippen LogP contribution in [0.4, 0.5) is 0 Å². The lowest BCUT2D eigenvalue weighted by atomic mass is 9.80. The quantitative estimate of drug-likeness (QED) is 0.159. The first-order chi connectivity index (χ1) is 25.1. The number of hydrogen-bond acceptors (Lipinski definition) is 0. The molecule has 0 fully saturated rings. The molecule has 2 heteroatoms. The van der Waals surface area contributed by atoms with Crippen molar-refractivity contribution in [1.82, 2.24) is 9.13 Å². The van der Waals surface area contributed by atoms with Crippen LogP contribution in [0.15, 0.2) is 109 Å². The molecule has 2 aromatic heterocycles. The number of aryl methyl sites for hydroxylation is 5. The van der Waals surface area contributed by atoms with Gasteiger partial charge in [-0.1, -0.05) is 107 Å². The van der Waals surface area contributed by atoms with Crippen molar-refractivity contribution in [3.63, 3.8) is 0 Å². The highest BCUT2D eigenvalue weighted by Gasteiger charge is 2.24. The highest BCUT2D eigenvalue weighted by Crippen LogP contribution is 2.42. The molecule has 0 aliphatic heterocycles. The van der Waals surface area contributed by atoms with Crippen LogP contribution < -0.4 is 0 Å². The Labute approximate surface area is 316 Å². The lowest BCUT2D eigenvalue weighted by Crippen LogP contribution is -2.10. The Morgan fingerprint density at radius 3 is 1.40 bits per heavy atom. The lowest BCUT2D eigenvalue weighted by Gasteiger charge is -2.23. The summed E-state index contributed by atoms with van der Waals surface area (Å²) in [6, 6.07) is 42.5. The van der Waals surface area contributed by atoms with Crippen LogP contribution in [0.3, 0.4) is 0 Å². The summed E-state index contributed by atoms with van der Waals surface area (Å²) in [5.41, 5.74) is 18.5. The van der Waals surface area contributed by atoms with Gasteiger partial charge in [0.25, 0.3) is 0 Å². The van der Waals surface area contributed by atoms with E-state index in [2.05, 4.69) is 194 Å². The van der Waals surface area contributed by atoms with Gasteiger partial charge >= 0.3 is 0 Å². The van der Waals surface area contributed by atoms with E-state index in [9.17, 15) is 0 Å². The second-order valence-corrected chi connectivity index (χ2v) is 17.7. The van der Waals surface area contributed by atoms with Crippen molar-refractivity contribution in [3.8, 4) is 5.69 Å². The van der Waals surface area contributed by atoms with Crippen molar-refractivity contribution in [3.05, 3.63) is 159 Å². The molecule has 2 heterocycles. The van der Waals surface area contributed by atoms with Gasteiger partial charge in [0.15, 0.2) is 0 Å². The van der Waals surface area contributed by atoms with E-state index in [1.165, 1.54) is 99.4 Å². The monoisotopic (exact) mass is 694 g/mol. The maximum absolute atomic E-state index is 2.50. The molecule has 0 saturated heterocycles. The number of rotatable bonds is 5. The molecule has 0 aliphatic rings. The van der Waals surface area contributed by atoms with Crippen molar-refractivity contribution >= 4 is 43.6 Å². The van der Waals surface area contributed by atoms with Gasteiger partial charge < -0.3 is 9.13 Å². The van der Waals surface area contributed by atoms with Gasteiger partial charge in [-0.3, -0.25) is 0 Å². The summed E-state index contributed by atoms with van der Waals surface area (Å²) in [7, 11) is 0.